The van der Waals surface area contributed by atoms with Gasteiger partial charge in [0, 0.05) is 0 Å². The van der Waals surface area contributed by atoms with Gasteiger partial charge in [0.1, 0.15) is 0 Å². The third-order valence-corrected chi connectivity index (χ3v) is 4.06. The molecule has 0 saturated heterocycles. The standard InChI is InChI=1S/C20H38O4.Na/c1-3-5-7-9-11-13-17-23-19(21)15-16-20(22)24-18-14-12-10-8-6-4-2;/h3-18H2,1-2H3;/q;+1. The summed E-state index contributed by atoms with van der Waals surface area (Å²) in [6.45, 7) is 5.33. The maximum atomic E-state index is 11.5. The average molecular weight is 366 g/mol. The summed E-state index contributed by atoms with van der Waals surface area (Å²) in [5, 5.41) is 0. The second-order valence-electron chi connectivity index (χ2n) is 6.48. The summed E-state index contributed by atoms with van der Waals surface area (Å²) in [5.74, 6) is -0.583. The number of esters is 2. The normalized spacial score (nSPS) is 10.2. The van der Waals surface area contributed by atoms with E-state index in [0.717, 1.165) is 25.7 Å². The molecule has 0 aliphatic rings. The maximum Gasteiger partial charge on any atom is 1.00 e. The van der Waals surface area contributed by atoms with Gasteiger partial charge in [-0.3, -0.25) is 9.59 Å². The summed E-state index contributed by atoms with van der Waals surface area (Å²) >= 11 is 0. The zero-order chi connectivity index (χ0) is 17.9. The molecule has 0 heterocycles. The second kappa shape index (κ2) is 22.0. The predicted molar refractivity (Wildman–Crippen MR) is 97.9 cm³/mol. The van der Waals surface area contributed by atoms with Crippen LogP contribution >= 0.6 is 0 Å². The van der Waals surface area contributed by atoms with Gasteiger partial charge >= 0.3 is 41.5 Å². The van der Waals surface area contributed by atoms with Gasteiger partial charge in [0.2, 0.25) is 0 Å². The molecule has 0 radical (unpaired) electrons. The van der Waals surface area contributed by atoms with Crippen LogP contribution in [-0.2, 0) is 19.1 Å². The molecule has 0 aromatic rings. The van der Waals surface area contributed by atoms with Crippen LogP contribution in [0.3, 0.4) is 0 Å². The topological polar surface area (TPSA) is 52.6 Å². The van der Waals surface area contributed by atoms with Crippen molar-refractivity contribution in [3.8, 4) is 0 Å². The molecule has 0 aliphatic heterocycles. The third-order valence-electron chi connectivity index (χ3n) is 4.06. The van der Waals surface area contributed by atoms with E-state index in [1.165, 1.54) is 51.4 Å². The molecule has 0 atom stereocenters. The molecular weight excluding hydrogens is 327 g/mol. The van der Waals surface area contributed by atoms with Crippen LogP contribution in [0.1, 0.15) is 104 Å². The van der Waals surface area contributed by atoms with Gasteiger partial charge in [-0.1, -0.05) is 78.1 Å². The Morgan fingerprint density at radius 2 is 0.880 bits per heavy atom. The van der Waals surface area contributed by atoms with Crippen LogP contribution in [-0.4, -0.2) is 25.2 Å². The maximum absolute atomic E-state index is 11.5. The Morgan fingerprint density at radius 1 is 0.560 bits per heavy atom. The molecule has 5 heteroatoms. The molecule has 0 aliphatic carbocycles. The van der Waals surface area contributed by atoms with Crippen molar-refractivity contribution in [1.29, 1.82) is 0 Å². The van der Waals surface area contributed by atoms with Gasteiger partial charge in [-0.25, -0.2) is 0 Å². The minimum atomic E-state index is -0.292. The van der Waals surface area contributed by atoms with Gasteiger partial charge < -0.3 is 9.47 Å². The van der Waals surface area contributed by atoms with Gasteiger partial charge in [-0.05, 0) is 12.8 Å². The molecule has 0 aromatic heterocycles. The Morgan fingerprint density at radius 3 is 1.24 bits per heavy atom. The van der Waals surface area contributed by atoms with Crippen LogP contribution in [0.15, 0.2) is 0 Å². The fourth-order valence-electron chi connectivity index (χ4n) is 2.49. The zero-order valence-electron chi connectivity index (χ0n) is 16.9. The monoisotopic (exact) mass is 365 g/mol. The van der Waals surface area contributed by atoms with Crippen molar-refractivity contribution < 1.29 is 48.6 Å². The van der Waals surface area contributed by atoms with Crippen LogP contribution in [0.2, 0.25) is 0 Å². The van der Waals surface area contributed by atoms with Crippen LogP contribution in [0.25, 0.3) is 0 Å². The van der Waals surface area contributed by atoms with Crippen LogP contribution < -0.4 is 29.6 Å². The first-order valence-electron chi connectivity index (χ1n) is 10.0. The third kappa shape index (κ3) is 21.9. The number of carbonyl (C=O) groups is 2. The largest absolute Gasteiger partial charge is 1.00 e. The van der Waals surface area contributed by atoms with E-state index in [1.54, 1.807) is 0 Å². The van der Waals surface area contributed by atoms with E-state index in [0.29, 0.717) is 13.2 Å². The Labute approximate surface area is 177 Å². The number of unbranched alkanes of at least 4 members (excludes halogenated alkanes) is 10. The molecule has 0 fully saturated rings. The Kier molecular flexibility index (Phi) is 23.9. The van der Waals surface area contributed by atoms with Crippen LogP contribution in [0.5, 0.6) is 0 Å². The molecule has 0 rings (SSSR count). The summed E-state index contributed by atoms with van der Waals surface area (Å²) in [6.07, 6.45) is 14.3. The first-order chi connectivity index (χ1) is 11.7. The number of carbonyl (C=O) groups excluding carboxylic acids is 2. The minimum Gasteiger partial charge on any atom is -0.466 e. The van der Waals surface area contributed by atoms with Gasteiger partial charge in [0.25, 0.3) is 0 Å². The van der Waals surface area contributed by atoms with Crippen molar-refractivity contribution in [3.05, 3.63) is 0 Å². The molecule has 0 N–H and O–H groups in total. The van der Waals surface area contributed by atoms with Gasteiger partial charge in [0.15, 0.2) is 0 Å². The molecular formula is C20H38NaO4+. The van der Waals surface area contributed by atoms with E-state index in [-0.39, 0.29) is 54.3 Å². The summed E-state index contributed by atoms with van der Waals surface area (Å²) < 4.78 is 10.3. The Bertz CT molecular complexity index is 278. The van der Waals surface area contributed by atoms with Crippen molar-refractivity contribution in [2.45, 2.75) is 104 Å². The van der Waals surface area contributed by atoms with Crippen LogP contribution in [0, 0.1) is 0 Å². The molecule has 0 spiro atoms. The average Bonchev–Trinajstić information content (AvgIpc) is 2.58. The molecule has 0 saturated carbocycles. The number of hydrogen-bond donors (Lipinski definition) is 0. The molecule has 0 unspecified atom stereocenters. The SMILES string of the molecule is CCCCCCCCOC(=O)CCC(=O)OCCCCCCCC.[Na+]. The molecule has 0 bridgehead atoms. The fraction of sp³-hybridized carbons (Fsp3) is 0.900. The summed E-state index contributed by atoms with van der Waals surface area (Å²) in [7, 11) is 0. The summed E-state index contributed by atoms with van der Waals surface area (Å²) in [4.78, 5) is 23.1. The zero-order valence-corrected chi connectivity index (χ0v) is 18.9. The first kappa shape index (κ1) is 27.2. The quantitative estimate of drug-likeness (QED) is 0.226. The smallest absolute Gasteiger partial charge is 0.466 e. The van der Waals surface area contributed by atoms with E-state index in [9.17, 15) is 9.59 Å². The number of hydrogen-bond acceptors (Lipinski definition) is 4. The van der Waals surface area contributed by atoms with Crippen molar-refractivity contribution in [1.82, 2.24) is 0 Å². The van der Waals surface area contributed by atoms with Gasteiger partial charge in [-0.2, -0.15) is 0 Å². The van der Waals surface area contributed by atoms with E-state index >= 15 is 0 Å². The summed E-state index contributed by atoms with van der Waals surface area (Å²) in [6, 6.07) is 0. The van der Waals surface area contributed by atoms with E-state index in [1.807, 2.05) is 0 Å². The van der Waals surface area contributed by atoms with Crippen molar-refractivity contribution in [2.24, 2.45) is 0 Å². The number of ether oxygens (including phenoxy) is 2. The molecule has 0 amide bonds. The second-order valence-corrected chi connectivity index (χ2v) is 6.48. The molecule has 0 aromatic carbocycles. The van der Waals surface area contributed by atoms with Crippen molar-refractivity contribution >= 4 is 11.9 Å². The van der Waals surface area contributed by atoms with Crippen LogP contribution in [0.4, 0.5) is 0 Å². The first-order valence-corrected chi connectivity index (χ1v) is 10.0. The molecule has 25 heavy (non-hydrogen) atoms. The number of rotatable bonds is 17. The van der Waals surface area contributed by atoms with E-state index < -0.39 is 0 Å². The molecule has 142 valence electrons. The van der Waals surface area contributed by atoms with E-state index in [4.69, 9.17) is 9.47 Å². The van der Waals surface area contributed by atoms with E-state index in [2.05, 4.69) is 13.8 Å². The Hall–Kier alpha value is -0.0600. The fourth-order valence-corrected chi connectivity index (χ4v) is 2.49. The van der Waals surface area contributed by atoms with Gasteiger partial charge in [-0.15, -0.1) is 0 Å². The predicted octanol–water partition coefficient (Wildman–Crippen LogP) is 2.58. The van der Waals surface area contributed by atoms with Crippen molar-refractivity contribution in [3.63, 3.8) is 0 Å². The Balaban J connectivity index is 0. The van der Waals surface area contributed by atoms with Crippen molar-refractivity contribution in [2.75, 3.05) is 13.2 Å². The minimum absolute atomic E-state index is 0. The molecule has 4 nitrogen and oxygen atoms in total. The summed E-state index contributed by atoms with van der Waals surface area (Å²) in [5.41, 5.74) is 0. The van der Waals surface area contributed by atoms with Gasteiger partial charge in [0.05, 0.1) is 26.1 Å².